The van der Waals surface area contributed by atoms with Crippen molar-refractivity contribution in [3.05, 3.63) is 133 Å². The Morgan fingerprint density at radius 3 is 1.83 bits per heavy atom. The van der Waals surface area contributed by atoms with Crippen LogP contribution in [0.4, 0.5) is 0 Å². The summed E-state index contributed by atoms with van der Waals surface area (Å²) in [5.41, 5.74) is 7.68. The topological polar surface area (TPSA) is 50.2 Å². The fourth-order valence-electron chi connectivity index (χ4n) is 6.44. The van der Waals surface area contributed by atoms with Gasteiger partial charge in [0.25, 0.3) is 0 Å². The number of benzene rings is 6. The van der Waals surface area contributed by atoms with Gasteiger partial charge in [-0.15, -0.1) is 0 Å². The Morgan fingerprint density at radius 2 is 1.26 bits per heavy atom. The normalized spacial score (nSPS) is 12.8. The van der Waals surface area contributed by atoms with Crippen LogP contribution >= 0.6 is 0 Å². The number of hydrogen-bond donors (Lipinski definition) is 1. The first-order chi connectivity index (χ1) is 22.4. The molecule has 0 aliphatic carbocycles. The molecule has 1 radical (unpaired) electrons. The van der Waals surface area contributed by atoms with Crippen molar-refractivity contribution in [3.63, 3.8) is 0 Å². The van der Waals surface area contributed by atoms with Crippen LogP contribution in [0.25, 0.3) is 43.7 Å². The number of rotatable bonds is 2. The summed E-state index contributed by atoms with van der Waals surface area (Å²) < 4.78 is 5.88. The number of hydrogen-bond acceptors (Lipinski definition) is 3. The molecule has 0 atom stereocenters. The molecule has 229 valence electrons. The van der Waals surface area contributed by atoms with Crippen LogP contribution in [0.2, 0.25) is 0 Å². The molecule has 0 bridgehead atoms. The van der Waals surface area contributed by atoms with Crippen molar-refractivity contribution in [2.75, 3.05) is 0 Å². The summed E-state index contributed by atoms with van der Waals surface area (Å²) in [5, 5.41) is 14.9. The van der Waals surface area contributed by atoms with Crippen molar-refractivity contribution in [2.45, 2.75) is 13.8 Å². The van der Waals surface area contributed by atoms with Crippen molar-refractivity contribution in [1.29, 1.82) is 0 Å². The van der Waals surface area contributed by atoms with Gasteiger partial charge in [0, 0.05) is 26.2 Å². The van der Waals surface area contributed by atoms with Gasteiger partial charge in [-0.2, -0.15) is 0 Å². The molecule has 3 heterocycles. The number of nitrogens with zero attached hydrogens (tertiary/aromatic N) is 1. The Morgan fingerprint density at radius 1 is 0.702 bits per heavy atom. The van der Waals surface area contributed by atoms with E-state index in [1.807, 2.05) is 0 Å². The Bertz CT molecular complexity index is 2290. The van der Waals surface area contributed by atoms with E-state index in [1.165, 1.54) is 81.1 Å². The van der Waals surface area contributed by atoms with Crippen LogP contribution in [0.15, 0.2) is 127 Å². The molecule has 2 aliphatic rings. The molecule has 0 fully saturated rings. The van der Waals surface area contributed by atoms with Gasteiger partial charge in [0.05, 0.1) is 5.76 Å². The fraction of sp³-hybridized carbons (Fsp3) is 0.0500. The van der Waals surface area contributed by atoms with Gasteiger partial charge in [-0.25, -0.2) is 0 Å². The maximum absolute atomic E-state index is 10.0. The number of ketones is 1. The molecule has 7 aromatic rings. The fourth-order valence-corrected chi connectivity index (χ4v) is 11.9. The number of allylic oxidation sites excluding steroid dienone is 2. The molecule has 6 aromatic carbocycles. The summed E-state index contributed by atoms with van der Waals surface area (Å²) in [4.78, 5) is 15.1. The predicted molar refractivity (Wildman–Crippen MR) is 196 cm³/mol. The Balaban J connectivity index is 0.000000399. The standard InChI is InChI=1S/C35H19BNSe2.C5H8O2.Ir/c1-3-10-24-17-31-27(15-22(24)8-1)36-28-16-23-9-2-4-11-25(23)18-32(28)39-34-20-26(19-33(38-31)35(34)36)30-14-13-21-7-5-6-12-29(21)37-30;1-4(6)3-5(2)7;/h1-19H;3,6H,1-2H3;/q-1;;/b;4-3-;. The minimum atomic E-state index is -0.125. The van der Waals surface area contributed by atoms with E-state index < -0.39 is 0 Å². The van der Waals surface area contributed by atoms with Crippen molar-refractivity contribution in [2.24, 2.45) is 0 Å². The molecular weight excluding hydrogens is 887 g/mol. The number of aliphatic hydroxyl groups excluding tert-OH is 1. The van der Waals surface area contributed by atoms with E-state index >= 15 is 0 Å². The van der Waals surface area contributed by atoms with E-state index in [-0.39, 0.29) is 68.3 Å². The summed E-state index contributed by atoms with van der Waals surface area (Å²) in [7, 11) is 0. The van der Waals surface area contributed by atoms with Crippen LogP contribution in [-0.2, 0) is 24.9 Å². The molecule has 9 rings (SSSR count). The van der Waals surface area contributed by atoms with Gasteiger partial charge in [0.1, 0.15) is 0 Å². The number of aliphatic hydroxyl groups is 1. The van der Waals surface area contributed by atoms with Gasteiger partial charge in [-0.3, -0.25) is 4.79 Å². The molecule has 1 aromatic heterocycles. The van der Waals surface area contributed by atoms with Crippen molar-refractivity contribution >= 4 is 109 Å². The molecule has 2 aliphatic heterocycles. The zero-order chi connectivity index (χ0) is 31.4. The van der Waals surface area contributed by atoms with Gasteiger partial charge < -0.3 is 5.11 Å². The first-order valence-corrected chi connectivity index (χ1v) is 18.6. The van der Waals surface area contributed by atoms with E-state index in [4.69, 9.17) is 10.1 Å². The summed E-state index contributed by atoms with van der Waals surface area (Å²) in [6, 6.07) is 46.5. The zero-order valence-electron chi connectivity index (χ0n) is 25.6. The molecule has 7 heteroatoms. The monoisotopic (exact) mass is 917 g/mol. The van der Waals surface area contributed by atoms with Crippen molar-refractivity contribution < 1.29 is 30.0 Å². The molecule has 1 N–H and O–H groups in total. The van der Waals surface area contributed by atoms with Crippen LogP contribution in [0.3, 0.4) is 0 Å². The number of carbonyl (C=O) groups is 1. The summed E-state index contributed by atoms with van der Waals surface area (Å²) >= 11 is 0.419. The molecule has 0 spiro atoms. The van der Waals surface area contributed by atoms with Gasteiger partial charge in [-0.05, 0) is 13.8 Å². The average Bonchev–Trinajstić information content (AvgIpc) is 3.05. The second kappa shape index (κ2) is 13.0. The zero-order valence-corrected chi connectivity index (χ0v) is 31.4. The van der Waals surface area contributed by atoms with Gasteiger partial charge in [0.2, 0.25) is 0 Å². The predicted octanol–water partition coefficient (Wildman–Crippen LogP) is 3.50. The van der Waals surface area contributed by atoms with E-state index in [1.54, 1.807) is 0 Å². The average molecular weight is 915 g/mol. The quantitative estimate of drug-likeness (QED) is 0.125. The van der Waals surface area contributed by atoms with Crippen LogP contribution in [0, 0.1) is 6.07 Å². The Hall–Kier alpha value is -3.79. The van der Waals surface area contributed by atoms with Crippen molar-refractivity contribution in [1.82, 2.24) is 4.98 Å². The summed E-state index contributed by atoms with van der Waals surface area (Å²) in [6.07, 6.45) is 1.17. The van der Waals surface area contributed by atoms with E-state index in [9.17, 15) is 4.79 Å². The van der Waals surface area contributed by atoms with Crippen LogP contribution in [0.5, 0.6) is 0 Å². The van der Waals surface area contributed by atoms with E-state index in [2.05, 4.69) is 121 Å². The second-order valence-electron chi connectivity index (χ2n) is 11.7. The number of carbonyl (C=O) groups excluding carboxylic acids is 1. The van der Waals surface area contributed by atoms with Gasteiger partial charge in [-0.1, -0.05) is 0 Å². The van der Waals surface area contributed by atoms with Gasteiger partial charge in [0.15, 0.2) is 5.78 Å². The molecule has 0 unspecified atom stereocenters. The minimum absolute atomic E-state index is 0. The second-order valence-corrected chi connectivity index (χ2v) is 16.2. The molecule has 47 heavy (non-hydrogen) atoms. The maximum atomic E-state index is 10.0. The third kappa shape index (κ3) is 6.05. The molecule has 0 saturated heterocycles. The molecular formula is C40H27BIrNO2Se2-. The van der Waals surface area contributed by atoms with Crippen LogP contribution < -0.4 is 34.2 Å². The van der Waals surface area contributed by atoms with Crippen molar-refractivity contribution in [3.8, 4) is 11.3 Å². The first-order valence-electron chi connectivity index (χ1n) is 15.2. The molecule has 0 saturated carbocycles. The van der Waals surface area contributed by atoms with Gasteiger partial charge >= 0.3 is 241 Å². The number of para-hydroxylation sites is 1. The van der Waals surface area contributed by atoms with Crippen LogP contribution in [0.1, 0.15) is 13.8 Å². The number of fused-ring (bicyclic) bond motifs is 7. The number of aromatic nitrogens is 1. The summed E-state index contributed by atoms with van der Waals surface area (Å²) in [5.74, 6) is -0.0625. The Kier molecular flexibility index (Phi) is 8.81. The third-order valence-electron chi connectivity index (χ3n) is 8.42. The third-order valence-corrected chi connectivity index (χ3v) is 13.1. The molecule has 0 amide bonds. The Labute approximate surface area is 300 Å². The first kappa shape index (κ1) is 31.8. The van der Waals surface area contributed by atoms with Crippen LogP contribution in [-0.4, -0.2) is 52.5 Å². The molecule has 3 nitrogen and oxygen atoms in total. The van der Waals surface area contributed by atoms with E-state index in [0.717, 1.165) is 16.8 Å². The summed E-state index contributed by atoms with van der Waals surface area (Å²) in [6.45, 7) is 3.11. The number of pyridine rings is 1. The SMILES string of the molecule is CC(=O)/C=C(/C)O.[Ir].[c-]1c(-c2ccc3ccccc3n2)cc2c3c1[Se]c1cc4ccccc4cc1B3c1cc3ccccc3cc1[Se]2. The van der Waals surface area contributed by atoms with E-state index in [0.29, 0.717) is 0 Å².